The van der Waals surface area contributed by atoms with Gasteiger partial charge >= 0.3 is 7.82 Å². The fourth-order valence-corrected chi connectivity index (χ4v) is 1.21. The topological polar surface area (TPSA) is 65.0 Å². The van der Waals surface area contributed by atoms with Crippen molar-refractivity contribution >= 4 is 19.4 Å². The summed E-state index contributed by atoms with van der Waals surface area (Å²) in [7, 11) is -1.08. The first-order valence-corrected chi connectivity index (χ1v) is 5.17. The highest BCUT2D eigenvalue weighted by atomic mass is 35.5. The van der Waals surface area contributed by atoms with Crippen LogP contribution in [-0.4, -0.2) is 37.9 Å². The lowest BCUT2D eigenvalue weighted by molar-refractivity contribution is 0.0849. The molecule has 0 amide bonds. The number of rotatable bonds is 6. The molecule has 0 radical (unpaired) electrons. The van der Waals surface area contributed by atoms with E-state index in [9.17, 15) is 4.57 Å². The maximum absolute atomic E-state index is 11.2. The minimum Gasteiger partial charge on any atom is -0.389 e. The fourth-order valence-electron chi connectivity index (χ4n) is 0.402. The molecule has 0 heterocycles. The van der Waals surface area contributed by atoms with Crippen LogP contribution in [0.2, 0.25) is 0 Å². The van der Waals surface area contributed by atoms with Crippen LogP contribution >= 0.6 is 19.4 Å². The summed E-state index contributed by atoms with van der Waals surface area (Å²) in [5, 5.41) is 8.92. The standard InChI is InChI=1S/C5H12ClO5P/c1-9-12(8,10-2)11-4-5(7)3-6/h5,7H,3-4H2,1-2H3. The summed E-state index contributed by atoms with van der Waals surface area (Å²) in [5.41, 5.74) is 0. The first-order valence-electron chi connectivity index (χ1n) is 3.18. The molecule has 0 bridgehead atoms. The molecule has 0 saturated carbocycles. The van der Waals surface area contributed by atoms with Gasteiger partial charge in [0.15, 0.2) is 0 Å². The van der Waals surface area contributed by atoms with Crippen molar-refractivity contribution in [1.29, 1.82) is 0 Å². The van der Waals surface area contributed by atoms with Crippen molar-refractivity contribution in [1.82, 2.24) is 0 Å². The number of halogens is 1. The summed E-state index contributed by atoms with van der Waals surface area (Å²) in [5.74, 6) is 0.00737. The normalized spacial score (nSPS) is 14.7. The lowest BCUT2D eigenvalue weighted by Gasteiger charge is -2.14. The van der Waals surface area contributed by atoms with Crippen molar-refractivity contribution in [2.75, 3.05) is 26.7 Å². The van der Waals surface area contributed by atoms with Gasteiger partial charge in [-0.1, -0.05) is 0 Å². The molecular formula is C5H12ClO5P. The molecule has 0 aliphatic rings. The SMILES string of the molecule is COP(=O)(OC)OCC(O)CCl. The third-order valence-electron chi connectivity index (χ3n) is 1.05. The number of aliphatic hydroxyl groups excluding tert-OH is 1. The largest absolute Gasteiger partial charge is 0.474 e. The molecule has 12 heavy (non-hydrogen) atoms. The molecule has 0 spiro atoms. The van der Waals surface area contributed by atoms with Gasteiger partial charge in [-0.25, -0.2) is 4.57 Å². The van der Waals surface area contributed by atoms with E-state index in [0.717, 1.165) is 0 Å². The van der Waals surface area contributed by atoms with Crippen LogP contribution in [0.4, 0.5) is 0 Å². The monoisotopic (exact) mass is 218 g/mol. The number of aliphatic hydroxyl groups is 1. The predicted molar refractivity (Wildman–Crippen MR) is 44.3 cm³/mol. The van der Waals surface area contributed by atoms with E-state index in [1.54, 1.807) is 0 Å². The maximum atomic E-state index is 11.2. The molecule has 0 rings (SSSR count). The molecule has 0 aliphatic heterocycles. The van der Waals surface area contributed by atoms with E-state index in [4.69, 9.17) is 16.7 Å². The lowest BCUT2D eigenvalue weighted by Crippen LogP contribution is -2.16. The van der Waals surface area contributed by atoms with Crippen molar-refractivity contribution < 1.29 is 23.2 Å². The highest BCUT2D eigenvalue weighted by Crippen LogP contribution is 2.47. The molecule has 0 saturated heterocycles. The third kappa shape index (κ3) is 4.40. The van der Waals surface area contributed by atoms with Gasteiger partial charge in [-0.05, 0) is 0 Å². The molecule has 1 N–H and O–H groups in total. The van der Waals surface area contributed by atoms with E-state index >= 15 is 0 Å². The van der Waals surface area contributed by atoms with Crippen LogP contribution in [0.25, 0.3) is 0 Å². The van der Waals surface area contributed by atoms with Crippen LogP contribution in [-0.2, 0) is 18.1 Å². The predicted octanol–water partition coefficient (Wildman–Crippen LogP) is 1.00. The molecule has 0 fully saturated rings. The Bertz CT molecular complexity index is 156. The van der Waals surface area contributed by atoms with Crippen molar-refractivity contribution in [2.24, 2.45) is 0 Å². The molecule has 5 nitrogen and oxygen atoms in total. The number of phosphoric ester groups is 1. The summed E-state index contributed by atoms with van der Waals surface area (Å²) < 4.78 is 24.7. The lowest BCUT2D eigenvalue weighted by atomic mass is 10.4. The Morgan fingerprint density at radius 3 is 2.33 bits per heavy atom. The Hall–Kier alpha value is 0.360. The summed E-state index contributed by atoms with van der Waals surface area (Å²) >= 11 is 5.27. The highest BCUT2D eigenvalue weighted by molar-refractivity contribution is 7.48. The molecule has 7 heteroatoms. The van der Waals surface area contributed by atoms with Gasteiger partial charge < -0.3 is 5.11 Å². The second kappa shape index (κ2) is 5.91. The quantitative estimate of drug-likeness (QED) is 0.532. The number of hydrogen-bond acceptors (Lipinski definition) is 5. The first-order chi connectivity index (χ1) is 5.58. The van der Waals surface area contributed by atoms with Gasteiger partial charge in [-0.15, -0.1) is 11.6 Å². The van der Waals surface area contributed by atoms with Crippen LogP contribution in [0.1, 0.15) is 0 Å². The first kappa shape index (κ1) is 12.4. The van der Waals surface area contributed by atoms with Crippen LogP contribution < -0.4 is 0 Å². The molecule has 1 atom stereocenters. The summed E-state index contributed by atoms with van der Waals surface area (Å²) in [6.07, 6.45) is -0.870. The number of phosphoric acid groups is 1. The fraction of sp³-hybridized carbons (Fsp3) is 1.00. The van der Waals surface area contributed by atoms with Gasteiger partial charge in [-0.3, -0.25) is 13.6 Å². The Balaban J connectivity index is 3.81. The number of alkyl halides is 1. The maximum Gasteiger partial charge on any atom is 0.474 e. The number of hydrogen-bond donors (Lipinski definition) is 1. The molecule has 1 unspecified atom stereocenters. The average molecular weight is 219 g/mol. The Kier molecular flexibility index (Phi) is 6.09. The van der Waals surface area contributed by atoms with Gasteiger partial charge in [0.25, 0.3) is 0 Å². The molecule has 74 valence electrons. The van der Waals surface area contributed by atoms with Crippen molar-refractivity contribution in [2.45, 2.75) is 6.10 Å². The van der Waals surface area contributed by atoms with Crippen LogP contribution in [0.15, 0.2) is 0 Å². The van der Waals surface area contributed by atoms with Gasteiger partial charge in [0.05, 0.1) is 18.6 Å². The highest BCUT2D eigenvalue weighted by Gasteiger charge is 2.23. The second-order valence-corrected chi connectivity index (χ2v) is 4.11. The molecule has 0 aromatic carbocycles. The van der Waals surface area contributed by atoms with Crippen molar-refractivity contribution in [3.63, 3.8) is 0 Å². The zero-order valence-electron chi connectivity index (χ0n) is 6.90. The summed E-state index contributed by atoms with van der Waals surface area (Å²) in [6, 6.07) is 0. The second-order valence-electron chi connectivity index (χ2n) is 1.92. The molecule has 0 aromatic rings. The Morgan fingerprint density at radius 2 is 2.00 bits per heavy atom. The third-order valence-corrected chi connectivity index (χ3v) is 2.77. The van der Waals surface area contributed by atoms with E-state index in [1.807, 2.05) is 0 Å². The summed E-state index contributed by atoms with van der Waals surface area (Å²) in [4.78, 5) is 0. The van der Waals surface area contributed by atoms with E-state index in [0.29, 0.717) is 0 Å². The van der Waals surface area contributed by atoms with E-state index < -0.39 is 13.9 Å². The smallest absolute Gasteiger partial charge is 0.389 e. The molecule has 0 aliphatic carbocycles. The zero-order valence-corrected chi connectivity index (χ0v) is 8.55. The van der Waals surface area contributed by atoms with Crippen LogP contribution in [0.5, 0.6) is 0 Å². The van der Waals surface area contributed by atoms with Crippen molar-refractivity contribution in [3.8, 4) is 0 Å². The summed E-state index contributed by atoms with van der Waals surface area (Å²) in [6.45, 7) is -0.178. The van der Waals surface area contributed by atoms with E-state index in [2.05, 4.69) is 13.6 Å². The van der Waals surface area contributed by atoms with Crippen LogP contribution in [0, 0.1) is 0 Å². The minimum atomic E-state index is -3.47. The van der Waals surface area contributed by atoms with Crippen molar-refractivity contribution in [3.05, 3.63) is 0 Å². The zero-order chi connectivity index (χ0) is 9.61. The molecule has 0 aromatic heterocycles. The van der Waals surface area contributed by atoms with Crippen LogP contribution in [0.3, 0.4) is 0 Å². The van der Waals surface area contributed by atoms with E-state index in [-0.39, 0.29) is 12.5 Å². The van der Waals surface area contributed by atoms with Gasteiger partial charge in [0.2, 0.25) is 0 Å². The Labute approximate surface area is 76.2 Å². The van der Waals surface area contributed by atoms with Gasteiger partial charge in [0, 0.05) is 14.2 Å². The van der Waals surface area contributed by atoms with Gasteiger partial charge in [-0.2, -0.15) is 0 Å². The average Bonchev–Trinajstić information content (AvgIpc) is 2.13. The van der Waals surface area contributed by atoms with Gasteiger partial charge in [0.1, 0.15) is 0 Å². The molecular weight excluding hydrogens is 206 g/mol. The van der Waals surface area contributed by atoms with E-state index in [1.165, 1.54) is 14.2 Å². The Morgan fingerprint density at radius 1 is 1.50 bits per heavy atom. The minimum absolute atomic E-state index is 0.00737.